The van der Waals surface area contributed by atoms with Crippen LogP contribution in [-0.4, -0.2) is 77.9 Å². The first kappa shape index (κ1) is 21.7. The van der Waals surface area contributed by atoms with Crippen molar-refractivity contribution in [2.24, 2.45) is 5.92 Å². The van der Waals surface area contributed by atoms with Crippen LogP contribution >= 0.6 is 0 Å². The molecule has 0 atom stereocenters. The van der Waals surface area contributed by atoms with Crippen molar-refractivity contribution >= 4 is 5.91 Å². The maximum atomic E-state index is 12.9. The van der Waals surface area contributed by atoms with Crippen LogP contribution in [0.1, 0.15) is 25.3 Å². The summed E-state index contributed by atoms with van der Waals surface area (Å²) < 4.78 is 16.5. The van der Waals surface area contributed by atoms with Crippen molar-refractivity contribution in [2.75, 3.05) is 67.1 Å². The number of nitrogens with one attached hydrogen (secondary N) is 2. The monoisotopic (exact) mass is 407 g/mol. The highest BCUT2D eigenvalue weighted by molar-refractivity contribution is 5.79. The summed E-state index contributed by atoms with van der Waals surface area (Å²) in [6, 6.07) is 3.99. The molecular weight excluding hydrogens is 370 g/mol. The Hall–Kier alpha value is -1.99. The van der Waals surface area contributed by atoms with Crippen molar-refractivity contribution in [1.82, 2.24) is 4.90 Å². The summed E-state index contributed by atoms with van der Waals surface area (Å²) in [5, 5.41) is 0. The molecule has 7 heteroatoms. The number of likely N-dealkylation sites (tertiary alicyclic amines) is 1. The summed E-state index contributed by atoms with van der Waals surface area (Å²) >= 11 is 0. The molecule has 2 N–H and O–H groups in total. The van der Waals surface area contributed by atoms with Gasteiger partial charge in [-0.25, -0.2) is 0 Å². The molecule has 1 aromatic carbocycles. The predicted molar refractivity (Wildman–Crippen MR) is 111 cm³/mol. The van der Waals surface area contributed by atoms with Gasteiger partial charge < -0.3 is 28.9 Å². The van der Waals surface area contributed by atoms with Crippen LogP contribution in [-0.2, 0) is 11.3 Å². The number of amides is 1. The van der Waals surface area contributed by atoms with Gasteiger partial charge >= 0.3 is 0 Å². The molecule has 2 aliphatic rings. The minimum Gasteiger partial charge on any atom is -0.493 e. The minimum atomic E-state index is 0.189. The van der Waals surface area contributed by atoms with E-state index < -0.39 is 0 Å². The van der Waals surface area contributed by atoms with Gasteiger partial charge in [-0.05, 0) is 19.1 Å². The van der Waals surface area contributed by atoms with E-state index in [9.17, 15) is 4.79 Å². The van der Waals surface area contributed by atoms with Crippen LogP contribution in [0.2, 0.25) is 0 Å². The van der Waals surface area contributed by atoms with E-state index in [1.54, 1.807) is 26.2 Å². The molecular formula is C22H37N3O4+2. The van der Waals surface area contributed by atoms with Crippen LogP contribution < -0.4 is 24.0 Å². The van der Waals surface area contributed by atoms with Gasteiger partial charge in [0.2, 0.25) is 11.7 Å². The Morgan fingerprint density at radius 3 is 2.17 bits per heavy atom. The van der Waals surface area contributed by atoms with E-state index in [2.05, 4.69) is 17.9 Å². The molecule has 162 valence electrons. The number of methoxy groups -OCH3 is 3. The summed E-state index contributed by atoms with van der Waals surface area (Å²) in [6.07, 6.45) is 1.93. The second-order valence-corrected chi connectivity index (χ2v) is 8.12. The first-order valence-electron chi connectivity index (χ1n) is 10.8. The molecule has 2 saturated heterocycles. The van der Waals surface area contributed by atoms with Gasteiger partial charge in [0.05, 0.1) is 72.7 Å². The number of quaternary nitrogens is 2. The lowest BCUT2D eigenvalue weighted by atomic mass is 9.94. The van der Waals surface area contributed by atoms with Crippen LogP contribution in [0.4, 0.5) is 0 Å². The SMILES string of the molecule is CC[NH+]1CCN(C(=O)C2CC[NH+](Cc3ccc(OC)c(OC)c3OC)CC2)CC1. The Bertz CT molecular complexity index is 681. The second-order valence-electron chi connectivity index (χ2n) is 8.12. The van der Waals surface area contributed by atoms with Gasteiger partial charge in [-0.15, -0.1) is 0 Å². The summed E-state index contributed by atoms with van der Waals surface area (Å²) in [4.78, 5) is 18.1. The Morgan fingerprint density at radius 1 is 0.966 bits per heavy atom. The van der Waals surface area contributed by atoms with E-state index in [0.29, 0.717) is 17.4 Å². The van der Waals surface area contributed by atoms with E-state index in [1.807, 2.05) is 6.07 Å². The molecule has 2 aliphatic heterocycles. The van der Waals surface area contributed by atoms with Crippen LogP contribution in [0.5, 0.6) is 17.2 Å². The van der Waals surface area contributed by atoms with Gasteiger partial charge in [-0.2, -0.15) is 0 Å². The van der Waals surface area contributed by atoms with Crippen molar-refractivity contribution in [3.63, 3.8) is 0 Å². The highest BCUT2D eigenvalue weighted by atomic mass is 16.5. The largest absolute Gasteiger partial charge is 0.493 e. The first-order valence-corrected chi connectivity index (χ1v) is 10.8. The molecule has 0 aliphatic carbocycles. The molecule has 0 unspecified atom stereocenters. The molecule has 3 rings (SSSR count). The van der Waals surface area contributed by atoms with Gasteiger partial charge in [-0.3, -0.25) is 4.79 Å². The van der Waals surface area contributed by atoms with Gasteiger partial charge in [0.25, 0.3) is 0 Å². The van der Waals surface area contributed by atoms with Gasteiger partial charge in [0.15, 0.2) is 11.5 Å². The summed E-state index contributed by atoms with van der Waals surface area (Å²) in [6.45, 7) is 10.3. The molecule has 7 nitrogen and oxygen atoms in total. The highest BCUT2D eigenvalue weighted by Crippen LogP contribution is 2.39. The fraction of sp³-hybridized carbons (Fsp3) is 0.682. The fourth-order valence-electron chi connectivity index (χ4n) is 4.68. The standard InChI is InChI=1S/C22H35N3O4/c1-5-23-12-14-25(15-13-23)22(26)17-8-10-24(11-9-17)16-18-6-7-19(27-2)21(29-4)20(18)28-3/h6-7,17H,5,8-16H2,1-4H3/p+2. The number of ether oxygens (including phenoxy) is 3. The third kappa shape index (κ3) is 4.95. The van der Waals surface area contributed by atoms with Crippen molar-refractivity contribution in [3.05, 3.63) is 17.7 Å². The van der Waals surface area contributed by atoms with Crippen LogP contribution in [0, 0.1) is 5.92 Å². The van der Waals surface area contributed by atoms with Crippen molar-refractivity contribution in [3.8, 4) is 17.2 Å². The van der Waals surface area contributed by atoms with Gasteiger partial charge in [0.1, 0.15) is 6.54 Å². The fourth-order valence-corrected chi connectivity index (χ4v) is 4.68. The number of hydrogen-bond acceptors (Lipinski definition) is 4. The molecule has 2 fully saturated rings. The summed E-state index contributed by atoms with van der Waals surface area (Å²) in [7, 11) is 4.93. The number of benzene rings is 1. The molecule has 0 aromatic heterocycles. The number of piperidine rings is 1. The number of carbonyl (C=O) groups is 1. The number of likely N-dealkylation sites (N-methyl/N-ethyl adjacent to an activating group) is 1. The Labute approximate surface area is 174 Å². The number of carbonyl (C=O) groups excluding carboxylic acids is 1. The van der Waals surface area contributed by atoms with Crippen LogP contribution in [0.15, 0.2) is 12.1 Å². The maximum Gasteiger partial charge on any atom is 0.226 e. The molecule has 0 spiro atoms. The lowest BCUT2D eigenvalue weighted by molar-refractivity contribution is -0.919. The average molecular weight is 408 g/mol. The third-order valence-electron chi connectivity index (χ3n) is 6.55. The molecule has 0 radical (unpaired) electrons. The molecule has 0 bridgehead atoms. The molecule has 0 saturated carbocycles. The molecule has 1 amide bonds. The minimum absolute atomic E-state index is 0.189. The van der Waals surface area contributed by atoms with Crippen LogP contribution in [0.3, 0.4) is 0 Å². The molecule has 2 heterocycles. The zero-order chi connectivity index (χ0) is 20.8. The quantitative estimate of drug-likeness (QED) is 0.625. The van der Waals surface area contributed by atoms with E-state index >= 15 is 0 Å². The predicted octanol–water partition coefficient (Wildman–Crippen LogP) is -0.746. The molecule has 29 heavy (non-hydrogen) atoms. The lowest BCUT2D eigenvalue weighted by Gasteiger charge is -2.36. The topological polar surface area (TPSA) is 56.9 Å². The van der Waals surface area contributed by atoms with E-state index in [1.165, 1.54) is 4.90 Å². The lowest BCUT2D eigenvalue weighted by Crippen LogP contribution is -3.14. The maximum absolute atomic E-state index is 12.9. The molecule has 1 aromatic rings. The van der Waals surface area contributed by atoms with Gasteiger partial charge in [0, 0.05) is 18.8 Å². The van der Waals surface area contributed by atoms with E-state index in [0.717, 1.165) is 76.5 Å². The summed E-state index contributed by atoms with van der Waals surface area (Å²) in [5.41, 5.74) is 1.11. The zero-order valence-corrected chi connectivity index (χ0v) is 18.4. The normalized spacial score (nSPS) is 23.0. The Kier molecular flexibility index (Phi) is 7.61. The average Bonchev–Trinajstić information content (AvgIpc) is 2.78. The van der Waals surface area contributed by atoms with E-state index in [4.69, 9.17) is 14.2 Å². The van der Waals surface area contributed by atoms with E-state index in [-0.39, 0.29) is 5.92 Å². The third-order valence-corrected chi connectivity index (χ3v) is 6.55. The number of rotatable bonds is 7. The van der Waals surface area contributed by atoms with Gasteiger partial charge in [-0.1, -0.05) is 0 Å². The Balaban J connectivity index is 1.56. The zero-order valence-electron chi connectivity index (χ0n) is 18.4. The summed E-state index contributed by atoms with van der Waals surface area (Å²) in [5.74, 6) is 2.63. The second kappa shape index (κ2) is 10.2. The first-order chi connectivity index (χ1) is 14.1. The highest BCUT2D eigenvalue weighted by Gasteiger charge is 2.33. The van der Waals surface area contributed by atoms with Crippen molar-refractivity contribution < 1.29 is 28.8 Å². The number of hydrogen-bond donors (Lipinski definition) is 2. The smallest absolute Gasteiger partial charge is 0.226 e. The van der Waals surface area contributed by atoms with Crippen molar-refractivity contribution in [2.45, 2.75) is 26.3 Å². The Morgan fingerprint density at radius 2 is 1.62 bits per heavy atom. The van der Waals surface area contributed by atoms with Crippen molar-refractivity contribution in [1.29, 1.82) is 0 Å². The number of nitrogens with zero attached hydrogens (tertiary/aromatic N) is 1. The number of piperazine rings is 1. The van der Waals surface area contributed by atoms with Crippen LogP contribution in [0.25, 0.3) is 0 Å².